The third-order valence-corrected chi connectivity index (χ3v) is 6.36. The van der Waals surface area contributed by atoms with Crippen LogP contribution in [0, 0.1) is 5.92 Å². The predicted octanol–water partition coefficient (Wildman–Crippen LogP) is 7.89. The Balaban J connectivity index is 1.93. The number of nitrogens with zero attached hydrogens (tertiary/aromatic N) is 2. The molecule has 0 unspecified atom stereocenters. The quantitative estimate of drug-likeness (QED) is 0.271. The molecule has 4 heteroatoms. The van der Waals surface area contributed by atoms with Crippen molar-refractivity contribution in [1.29, 1.82) is 0 Å². The van der Waals surface area contributed by atoms with E-state index in [0.717, 1.165) is 36.1 Å². The Morgan fingerprint density at radius 1 is 0.906 bits per heavy atom. The molecule has 0 fully saturated rings. The number of carboxylic acid groups (broad SMARTS) is 1. The third kappa shape index (κ3) is 9.10. The maximum Gasteiger partial charge on any atom is 0.373 e. The van der Waals surface area contributed by atoms with Crippen molar-refractivity contribution in [2.75, 3.05) is 0 Å². The molecule has 2 rings (SSSR count). The Morgan fingerprint density at radius 3 is 2.06 bits per heavy atom. The minimum atomic E-state index is -1.08. The summed E-state index contributed by atoms with van der Waals surface area (Å²) in [6.45, 7) is 6.74. The number of aryl methyl sites for hydroxylation is 1. The molecule has 0 saturated heterocycles. The van der Waals surface area contributed by atoms with Gasteiger partial charge in [0.05, 0.1) is 5.69 Å². The van der Waals surface area contributed by atoms with Crippen LogP contribution in [0.25, 0.3) is 11.3 Å². The van der Waals surface area contributed by atoms with Gasteiger partial charge in [-0.05, 0) is 36.3 Å². The minimum absolute atomic E-state index is 0.129. The van der Waals surface area contributed by atoms with Crippen LogP contribution in [0.4, 0.5) is 0 Å². The number of unbranched alkanes of at least 4 members (excludes halogenated alkanes) is 9. The molecule has 1 atom stereocenters. The Hall–Kier alpha value is -2.23. The first-order valence-corrected chi connectivity index (χ1v) is 12.7. The summed E-state index contributed by atoms with van der Waals surface area (Å²) in [5, 5.41) is 9.36. The van der Waals surface area contributed by atoms with E-state index >= 15 is 0 Å². The van der Waals surface area contributed by atoms with Crippen LogP contribution in [-0.4, -0.2) is 21.0 Å². The molecule has 0 radical (unpaired) electrons. The molecule has 176 valence electrons. The molecule has 0 aliphatic carbocycles. The second-order valence-corrected chi connectivity index (χ2v) is 9.22. The van der Waals surface area contributed by atoms with Gasteiger partial charge < -0.3 is 5.11 Å². The number of carboxylic acids is 1. The van der Waals surface area contributed by atoms with Gasteiger partial charge in [-0.25, -0.2) is 14.8 Å². The van der Waals surface area contributed by atoms with Gasteiger partial charge in [0.15, 0.2) is 0 Å². The van der Waals surface area contributed by atoms with E-state index < -0.39 is 5.97 Å². The topological polar surface area (TPSA) is 63.1 Å². The summed E-state index contributed by atoms with van der Waals surface area (Å²) in [6.07, 6.45) is 17.8. The van der Waals surface area contributed by atoms with E-state index in [-0.39, 0.29) is 5.82 Å². The monoisotopic (exact) mass is 438 g/mol. The zero-order valence-electron chi connectivity index (χ0n) is 20.4. The molecular formula is C28H42N2O2. The molecule has 0 saturated carbocycles. The first-order valence-electron chi connectivity index (χ1n) is 12.7. The van der Waals surface area contributed by atoms with Gasteiger partial charge in [0.25, 0.3) is 0 Å². The second-order valence-electron chi connectivity index (χ2n) is 9.22. The highest BCUT2D eigenvalue weighted by Crippen LogP contribution is 2.25. The maximum atomic E-state index is 11.4. The molecule has 4 nitrogen and oxygen atoms in total. The molecule has 0 aliphatic heterocycles. The maximum absolute atomic E-state index is 11.4. The SMILES string of the molecule is CCCCCCCCCCCCc1cnc(C(=O)O)nc1-c1ccc(C[C@@H](C)CC)cc1. The van der Waals surface area contributed by atoms with Gasteiger partial charge in [-0.1, -0.05) is 109 Å². The van der Waals surface area contributed by atoms with Crippen molar-refractivity contribution in [2.24, 2.45) is 5.92 Å². The third-order valence-electron chi connectivity index (χ3n) is 6.36. The van der Waals surface area contributed by atoms with Crippen molar-refractivity contribution in [2.45, 2.75) is 104 Å². The van der Waals surface area contributed by atoms with E-state index in [9.17, 15) is 9.90 Å². The molecule has 0 aliphatic rings. The highest BCUT2D eigenvalue weighted by molar-refractivity contribution is 5.84. The smallest absolute Gasteiger partial charge is 0.373 e. The summed E-state index contributed by atoms with van der Waals surface area (Å²) < 4.78 is 0. The summed E-state index contributed by atoms with van der Waals surface area (Å²) in [7, 11) is 0. The van der Waals surface area contributed by atoms with Gasteiger partial charge in [-0.3, -0.25) is 0 Å². The average Bonchev–Trinajstić information content (AvgIpc) is 2.80. The summed E-state index contributed by atoms with van der Waals surface area (Å²) in [5.41, 5.74) is 4.10. The molecule has 1 N–H and O–H groups in total. The number of hydrogen-bond acceptors (Lipinski definition) is 3. The fourth-order valence-electron chi connectivity index (χ4n) is 4.09. The van der Waals surface area contributed by atoms with Crippen molar-refractivity contribution in [1.82, 2.24) is 9.97 Å². The normalized spacial score (nSPS) is 12.1. The first kappa shape index (κ1) is 26.0. The molecular weight excluding hydrogens is 396 g/mol. The molecule has 1 heterocycles. The standard InChI is InChI=1S/C28H42N2O2/c1-4-6-7-8-9-10-11-12-13-14-15-25-21-29-27(28(31)32)30-26(25)24-18-16-23(17-19-24)20-22(3)5-2/h16-19,21-22H,4-15,20H2,1-3H3,(H,31,32)/t22-/m0/s1. The Morgan fingerprint density at radius 2 is 1.50 bits per heavy atom. The summed E-state index contributed by atoms with van der Waals surface area (Å²) in [6, 6.07) is 8.45. The van der Waals surface area contributed by atoms with E-state index in [0.29, 0.717) is 5.92 Å². The molecule has 32 heavy (non-hydrogen) atoms. The predicted molar refractivity (Wildman–Crippen MR) is 133 cm³/mol. The van der Waals surface area contributed by atoms with Crippen molar-refractivity contribution in [3.05, 3.63) is 47.4 Å². The number of hydrogen-bond donors (Lipinski definition) is 1. The van der Waals surface area contributed by atoms with E-state index in [1.165, 1.54) is 69.8 Å². The van der Waals surface area contributed by atoms with Crippen LogP contribution < -0.4 is 0 Å². The van der Waals surface area contributed by atoms with Crippen LogP contribution in [0.1, 0.15) is 113 Å². The Bertz CT molecular complexity index is 802. The van der Waals surface area contributed by atoms with Crippen LogP contribution in [0.3, 0.4) is 0 Å². The highest BCUT2D eigenvalue weighted by Gasteiger charge is 2.14. The van der Waals surface area contributed by atoms with Crippen LogP contribution in [0.15, 0.2) is 30.5 Å². The lowest BCUT2D eigenvalue weighted by Crippen LogP contribution is -2.07. The lowest BCUT2D eigenvalue weighted by atomic mass is 9.96. The molecule has 1 aromatic carbocycles. The highest BCUT2D eigenvalue weighted by atomic mass is 16.4. The number of aromatic nitrogens is 2. The lowest BCUT2D eigenvalue weighted by Gasteiger charge is -2.12. The van der Waals surface area contributed by atoms with Crippen LogP contribution in [0.5, 0.6) is 0 Å². The van der Waals surface area contributed by atoms with Gasteiger partial charge in [0.1, 0.15) is 0 Å². The van der Waals surface area contributed by atoms with Gasteiger partial charge in [-0.2, -0.15) is 0 Å². The average molecular weight is 439 g/mol. The van der Waals surface area contributed by atoms with Crippen molar-refractivity contribution < 1.29 is 9.90 Å². The van der Waals surface area contributed by atoms with Gasteiger partial charge in [0.2, 0.25) is 5.82 Å². The number of benzene rings is 1. The fourth-order valence-corrected chi connectivity index (χ4v) is 4.09. The van der Waals surface area contributed by atoms with E-state index in [1.807, 2.05) is 0 Å². The summed E-state index contributed by atoms with van der Waals surface area (Å²) in [5.74, 6) is -0.550. The zero-order chi connectivity index (χ0) is 23.2. The van der Waals surface area contributed by atoms with Crippen molar-refractivity contribution in [3.8, 4) is 11.3 Å². The van der Waals surface area contributed by atoms with Gasteiger partial charge >= 0.3 is 5.97 Å². The van der Waals surface area contributed by atoms with Gasteiger partial charge in [-0.15, -0.1) is 0 Å². The van der Waals surface area contributed by atoms with E-state index in [4.69, 9.17) is 0 Å². The Kier molecular flexibility index (Phi) is 12.0. The zero-order valence-corrected chi connectivity index (χ0v) is 20.4. The summed E-state index contributed by atoms with van der Waals surface area (Å²) in [4.78, 5) is 19.9. The van der Waals surface area contributed by atoms with Crippen molar-refractivity contribution in [3.63, 3.8) is 0 Å². The lowest BCUT2D eigenvalue weighted by molar-refractivity contribution is 0.0683. The molecule has 1 aromatic heterocycles. The number of rotatable bonds is 16. The fraction of sp³-hybridized carbons (Fsp3) is 0.607. The largest absolute Gasteiger partial charge is 0.475 e. The minimum Gasteiger partial charge on any atom is -0.475 e. The van der Waals surface area contributed by atoms with Crippen LogP contribution >= 0.6 is 0 Å². The van der Waals surface area contributed by atoms with Crippen molar-refractivity contribution >= 4 is 5.97 Å². The molecule has 2 aromatic rings. The van der Waals surface area contributed by atoms with Crippen LogP contribution in [-0.2, 0) is 12.8 Å². The molecule has 0 amide bonds. The van der Waals surface area contributed by atoms with E-state index in [1.54, 1.807) is 6.20 Å². The van der Waals surface area contributed by atoms with Gasteiger partial charge in [0, 0.05) is 11.8 Å². The van der Waals surface area contributed by atoms with E-state index in [2.05, 4.69) is 55.0 Å². The first-order chi connectivity index (χ1) is 15.5. The molecule has 0 spiro atoms. The summed E-state index contributed by atoms with van der Waals surface area (Å²) >= 11 is 0. The number of carbonyl (C=O) groups is 1. The molecule has 0 bridgehead atoms. The second kappa shape index (κ2) is 14.8. The van der Waals surface area contributed by atoms with Crippen LogP contribution in [0.2, 0.25) is 0 Å². The number of aromatic carboxylic acids is 1. The Labute approximate surface area is 194 Å².